The van der Waals surface area contributed by atoms with E-state index in [1.54, 1.807) is 17.6 Å². The van der Waals surface area contributed by atoms with Crippen LogP contribution in [0.5, 0.6) is 0 Å². The predicted octanol–water partition coefficient (Wildman–Crippen LogP) is 1.60. The molecule has 0 aromatic carbocycles. The zero-order chi connectivity index (χ0) is 9.97. The lowest BCUT2D eigenvalue weighted by molar-refractivity contribution is 0.448. The summed E-state index contributed by atoms with van der Waals surface area (Å²) in [6.45, 7) is 1.96. The maximum atomic E-state index is 5.46. The van der Waals surface area contributed by atoms with E-state index >= 15 is 0 Å². The molecule has 2 rings (SSSR count). The summed E-state index contributed by atoms with van der Waals surface area (Å²) in [7, 11) is 0. The van der Waals surface area contributed by atoms with Crippen LogP contribution >= 0.6 is 11.3 Å². The molecule has 5 heteroatoms. The minimum Gasteiger partial charge on any atom is -0.467 e. The summed E-state index contributed by atoms with van der Waals surface area (Å²) in [5.74, 6) is 6.24. The maximum absolute atomic E-state index is 5.46. The SMILES string of the molecule is Cc1nc(C(NN)c2ccco2)cs1. The second-order valence-corrected chi connectivity index (χ2v) is 3.97. The van der Waals surface area contributed by atoms with Crippen LogP contribution in [-0.2, 0) is 0 Å². The highest BCUT2D eigenvalue weighted by Gasteiger charge is 2.17. The summed E-state index contributed by atoms with van der Waals surface area (Å²) in [4.78, 5) is 4.35. The molecule has 0 radical (unpaired) electrons. The fraction of sp³-hybridized carbons (Fsp3) is 0.222. The topological polar surface area (TPSA) is 64.1 Å². The number of hydrogen-bond donors (Lipinski definition) is 2. The molecule has 74 valence electrons. The second kappa shape index (κ2) is 3.91. The molecule has 14 heavy (non-hydrogen) atoms. The zero-order valence-electron chi connectivity index (χ0n) is 7.73. The highest BCUT2D eigenvalue weighted by Crippen LogP contribution is 2.22. The van der Waals surface area contributed by atoms with Crippen molar-refractivity contribution < 1.29 is 4.42 Å². The van der Waals surface area contributed by atoms with Crippen LogP contribution in [-0.4, -0.2) is 4.98 Å². The van der Waals surface area contributed by atoms with E-state index in [1.165, 1.54) is 0 Å². The first-order chi connectivity index (χ1) is 6.81. The number of thiazole rings is 1. The standard InChI is InChI=1S/C9H11N3OS/c1-6-11-7(5-14-6)9(12-10)8-3-2-4-13-8/h2-5,9,12H,10H2,1H3. The number of rotatable bonds is 3. The van der Waals surface area contributed by atoms with Crippen molar-refractivity contribution in [2.75, 3.05) is 0 Å². The van der Waals surface area contributed by atoms with Gasteiger partial charge in [-0.05, 0) is 19.1 Å². The van der Waals surface area contributed by atoms with Crippen molar-refractivity contribution in [3.63, 3.8) is 0 Å². The summed E-state index contributed by atoms with van der Waals surface area (Å²) in [6, 6.07) is 3.55. The second-order valence-electron chi connectivity index (χ2n) is 2.91. The normalized spacial score (nSPS) is 13.0. The molecule has 0 spiro atoms. The van der Waals surface area contributed by atoms with E-state index in [4.69, 9.17) is 10.3 Å². The number of nitrogens with two attached hydrogens (primary N) is 1. The van der Waals surface area contributed by atoms with Crippen LogP contribution in [0.3, 0.4) is 0 Å². The first-order valence-electron chi connectivity index (χ1n) is 4.23. The molecule has 0 bridgehead atoms. The molecule has 2 aromatic rings. The number of aromatic nitrogens is 1. The third-order valence-corrected chi connectivity index (χ3v) is 2.72. The van der Waals surface area contributed by atoms with Gasteiger partial charge in [-0.15, -0.1) is 11.3 Å². The van der Waals surface area contributed by atoms with Gasteiger partial charge in [-0.3, -0.25) is 5.84 Å². The molecule has 0 aliphatic carbocycles. The predicted molar refractivity (Wildman–Crippen MR) is 54.7 cm³/mol. The van der Waals surface area contributed by atoms with Crippen molar-refractivity contribution in [3.05, 3.63) is 40.2 Å². The number of hydrogen-bond acceptors (Lipinski definition) is 5. The van der Waals surface area contributed by atoms with Crippen molar-refractivity contribution in [1.29, 1.82) is 0 Å². The van der Waals surface area contributed by atoms with Gasteiger partial charge in [0.25, 0.3) is 0 Å². The molecule has 4 nitrogen and oxygen atoms in total. The molecular weight excluding hydrogens is 198 g/mol. The highest BCUT2D eigenvalue weighted by molar-refractivity contribution is 7.09. The lowest BCUT2D eigenvalue weighted by Gasteiger charge is -2.09. The molecule has 3 N–H and O–H groups in total. The molecule has 2 aromatic heterocycles. The van der Waals surface area contributed by atoms with Gasteiger partial charge in [-0.25, -0.2) is 10.4 Å². The molecule has 0 amide bonds. The van der Waals surface area contributed by atoms with Gasteiger partial charge in [0.2, 0.25) is 0 Å². The molecule has 1 atom stereocenters. The van der Waals surface area contributed by atoms with Crippen LogP contribution in [0.2, 0.25) is 0 Å². The summed E-state index contributed by atoms with van der Waals surface area (Å²) in [6.07, 6.45) is 1.62. The Bertz CT molecular complexity index is 396. The largest absolute Gasteiger partial charge is 0.467 e. The lowest BCUT2D eigenvalue weighted by atomic mass is 10.2. The average Bonchev–Trinajstić information content (AvgIpc) is 2.79. The zero-order valence-corrected chi connectivity index (χ0v) is 8.54. The van der Waals surface area contributed by atoms with Crippen LogP contribution in [0.1, 0.15) is 22.5 Å². The summed E-state index contributed by atoms with van der Waals surface area (Å²) in [5.41, 5.74) is 3.58. The van der Waals surface area contributed by atoms with Crippen LogP contribution in [0.15, 0.2) is 28.2 Å². The molecular formula is C9H11N3OS. The van der Waals surface area contributed by atoms with Crippen LogP contribution in [0, 0.1) is 6.92 Å². The minimum absolute atomic E-state index is 0.157. The Morgan fingerprint density at radius 2 is 2.50 bits per heavy atom. The lowest BCUT2D eigenvalue weighted by Crippen LogP contribution is -2.28. The minimum atomic E-state index is -0.157. The van der Waals surface area contributed by atoms with Crippen molar-refractivity contribution in [1.82, 2.24) is 10.4 Å². The third-order valence-electron chi connectivity index (χ3n) is 1.93. The quantitative estimate of drug-likeness (QED) is 0.595. The van der Waals surface area contributed by atoms with Crippen molar-refractivity contribution in [2.24, 2.45) is 5.84 Å². The van der Waals surface area contributed by atoms with E-state index in [0.29, 0.717) is 0 Å². The van der Waals surface area contributed by atoms with Crippen LogP contribution in [0.25, 0.3) is 0 Å². The first-order valence-corrected chi connectivity index (χ1v) is 5.11. The summed E-state index contributed by atoms with van der Waals surface area (Å²) >= 11 is 1.60. The number of hydrazine groups is 1. The van der Waals surface area contributed by atoms with Gasteiger partial charge in [0, 0.05) is 5.38 Å². The Labute approximate surface area is 85.7 Å². The smallest absolute Gasteiger partial charge is 0.128 e. The fourth-order valence-corrected chi connectivity index (χ4v) is 1.92. The highest BCUT2D eigenvalue weighted by atomic mass is 32.1. The van der Waals surface area contributed by atoms with E-state index in [9.17, 15) is 0 Å². The van der Waals surface area contributed by atoms with Gasteiger partial charge >= 0.3 is 0 Å². The van der Waals surface area contributed by atoms with Gasteiger partial charge in [0.05, 0.1) is 17.0 Å². The number of furan rings is 1. The molecule has 0 aliphatic heterocycles. The van der Waals surface area contributed by atoms with Gasteiger partial charge in [-0.1, -0.05) is 0 Å². The van der Waals surface area contributed by atoms with Crippen molar-refractivity contribution in [2.45, 2.75) is 13.0 Å². The molecule has 0 saturated heterocycles. The first kappa shape index (κ1) is 9.39. The van der Waals surface area contributed by atoms with E-state index in [-0.39, 0.29) is 6.04 Å². The molecule has 2 heterocycles. The molecule has 0 aliphatic rings. The Morgan fingerprint density at radius 3 is 3.00 bits per heavy atom. The van der Waals surface area contributed by atoms with Gasteiger partial charge in [0.15, 0.2) is 0 Å². The number of nitrogens with one attached hydrogen (secondary N) is 1. The van der Waals surface area contributed by atoms with Crippen LogP contribution < -0.4 is 11.3 Å². The Hall–Kier alpha value is -1.17. The third kappa shape index (κ3) is 1.70. The number of nitrogens with zero attached hydrogens (tertiary/aromatic N) is 1. The average molecular weight is 209 g/mol. The Morgan fingerprint density at radius 1 is 1.64 bits per heavy atom. The summed E-state index contributed by atoms with van der Waals surface area (Å²) in [5, 5.41) is 2.99. The van der Waals surface area contributed by atoms with Gasteiger partial charge in [0.1, 0.15) is 11.8 Å². The Balaban J connectivity index is 2.31. The van der Waals surface area contributed by atoms with Gasteiger partial charge < -0.3 is 4.42 Å². The molecule has 0 saturated carbocycles. The number of aryl methyl sites for hydroxylation is 1. The monoisotopic (exact) mass is 209 g/mol. The van der Waals surface area contributed by atoms with Crippen LogP contribution in [0.4, 0.5) is 0 Å². The van der Waals surface area contributed by atoms with Gasteiger partial charge in [-0.2, -0.15) is 0 Å². The van der Waals surface area contributed by atoms with E-state index < -0.39 is 0 Å². The van der Waals surface area contributed by atoms with Crippen molar-refractivity contribution >= 4 is 11.3 Å². The Kier molecular flexibility index (Phi) is 2.62. The van der Waals surface area contributed by atoms with Crippen molar-refractivity contribution in [3.8, 4) is 0 Å². The van der Waals surface area contributed by atoms with E-state index in [0.717, 1.165) is 16.5 Å². The summed E-state index contributed by atoms with van der Waals surface area (Å²) < 4.78 is 5.27. The van der Waals surface area contributed by atoms with E-state index in [2.05, 4.69) is 10.4 Å². The fourth-order valence-electron chi connectivity index (χ4n) is 1.28. The molecule has 0 fully saturated rings. The maximum Gasteiger partial charge on any atom is 0.128 e. The van der Waals surface area contributed by atoms with E-state index in [1.807, 2.05) is 24.4 Å². The molecule has 1 unspecified atom stereocenters.